The van der Waals surface area contributed by atoms with Gasteiger partial charge in [-0.15, -0.1) is 0 Å². The Morgan fingerprint density at radius 1 is 0.822 bits per heavy atom. The van der Waals surface area contributed by atoms with Gasteiger partial charge in [0.1, 0.15) is 19.4 Å². The van der Waals surface area contributed by atoms with Crippen LogP contribution in [0.25, 0.3) is 0 Å². The van der Waals surface area contributed by atoms with Gasteiger partial charge in [0.15, 0.2) is 12.0 Å². The molecule has 0 bridgehead atoms. The Kier molecular flexibility index (Phi) is 23.3. The standard InChI is InChI=1S/C15H20FNO3.C15H18FNO3.C2H6O.B.Na.H/c2*16-13-8-10-17(9-4-7-14(13)18)15(19)20-11-12-5-2-1-3-6-12;1-2-3;;;/h1-3,5-6,13-14,18H,4,7-11H2;1-3,5-6,13H,4,7-11H2;3H,2H2,1H3;;;/q;;;;+1;-1. The van der Waals surface area contributed by atoms with Gasteiger partial charge in [0, 0.05) is 54.0 Å². The number of carbonyl (C=O) groups excluding carboxylic acids is 3. The molecule has 243 valence electrons. The van der Waals surface area contributed by atoms with Crippen molar-refractivity contribution in [2.24, 2.45) is 0 Å². The summed E-state index contributed by atoms with van der Waals surface area (Å²) in [5.41, 5.74) is 1.83. The molecule has 3 atom stereocenters. The van der Waals surface area contributed by atoms with E-state index in [1.54, 1.807) is 6.92 Å². The fraction of sp³-hybridized carbons (Fsp3) is 0.531. The van der Waals surface area contributed by atoms with E-state index in [9.17, 15) is 28.3 Å². The van der Waals surface area contributed by atoms with Gasteiger partial charge in [0.25, 0.3) is 0 Å². The minimum absolute atomic E-state index is 0. The van der Waals surface area contributed by atoms with E-state index >= 15 is 0 Å². The summed E-state index contributed by atoms with van der Waals surface area (Å²) < 4.78 is 37.3. The van der Waals surface area contributed by atoms with Crippen LogP contribution in [0.2, 0.25) is 0 Å². The number of aliphatic hydroxyl groups is 2. The zero-order chi connectivity index (χ0) is 31.5. The first-order valence-corrected chi connectivity index (χ1v) is 14.8. The number of aliphatic hydroxyl groups excluding tert-OH is 2. The van der Waals surface area contributed by atoms with Gasteiger partial charge in [-0.25, -0.2) is 18.4 Å². The molecule has 3 unspecified atom stereocenters. The van der Waals surface area contributed by atoms with Crippen molar-refractivity contribution in [2.45, 2.75) is 77.1 Å². The molecule has 0 aliphatic carbocycles. The van der Waals surface area contributed by atoms with Crippen LogP contribution in [-0.4, -0.2) is 97.6 Å². The number of ketones is 1. The molecular weight excluding hydrogens is 596 g/mol. The predicted octanol–water partition coefficient (Wildman–Crippen LogP) is 1.96. The number of alkyl halides is 2. The number of benzene rings is 2. The zero-order valence-electron chi connectivity index (χ0n) is 27.4. The van der Waals surface area contributed by atoms with E-state index in [1.807, 2.05) is 60.7 Å². The Morgan fingerprint density at radius 3 is 1.76 bits per heavy atom. The Bertz CT molecular complexity index is 1100. The van der Waals surface area contributed by atoms with E-state index in [1.165, 1.54) is 9.80 Å². The maximum atomic E-state index is 13.5. The molecule has 2 N–H and O–H groups in total. The second-order valence-electron chi connectivity index (χ2n) is 10.2. The van der Waals surface area contributed by atoms with E-state index in [0.29, 0.717) is 32.4 Å². The molecule has 0 aromatic heterocycles. The monoisotopic (exact) mass is 641 g/mol. The maximum absolute atomic E-state index is 13.5. The predicted molar refractivity (Wildman–Crippen MR) is 165 cm³/mol. The van der Waals surface area contributed by atoms with Gasteiger partial charge < -0.3 is 30.9 Å². The molecule has 0 spiro atoms. The van der Waals surface area contributed by atoms with E-state index in [0.717, 1.165) is 11.1 Å². The van der Waals surface area contributed by atoms with Crippen LogP contribution in [-0.2, 0) is 27.5 Å². The molecule has 3 radical (unpaired) electrons. The molecule has 2 aliphatic heterocycles. The SMILES string of the molecule is CCO.O=C(OCc1ccccc1)N1CCCC(O)C(F)CC1.O=C1CCCN(C(=O)OCc2ccccc2)CCC1F.[B].[H-].[Na+]. The quantitative estimate of drug-likeness (QED) is 0.491. The van der Waals surface area contributed by atoms with Crippen molar-refractivity contribution in [2.75, 3.05) is 32.8 Å². The van der Waals surface area contributed by atoms with Crippen molar-refractivity contribution >= 4 is 26.4 Å². The number of rotatable bonds is 4. The minimum atomic E-state index is -1.46. The van der Waals surface area contributed by atoms with Crippen molar-refractivity contribution < 1.29 is 73.8 Å². The summed E-state index contributed by atoms with van der Waals surface area (Å²) in [6.07, 6.45) is -2.65. The Labute approximate surface area is 290 Å². The summed E-state index contributed by atoms with van der Waals surface area (Å²) in [6, 6.07) is 18.8. The fourth-order valence-electron chi connectivity index (χ4n) is 4.38. The van der Waals surface area contributed by atoms with Crippen molar-refractivity contribution in [1.82, 2.24) is 9.80 Å². The first kappa shape index (κ1) is 42.5. The third-order valence-corrected chi connectivity index (χ3v) is 6.80. The molecule has 2 aromatic rings. The van der Waals surface area contributed by atoms with Crippen LogP contribution in [0.15, 0.2) is 60.7 Å². The van der Waals surface area contributed by atoms with Gasteiger partial charge in [0.2, 0.25) is 0 Å². The Balaban J connectivity index is 0. The summed E-state index contributed by atoms with van der Waals surface area (Å²) in [6.45, 7) is 3.79. The topological polar surface area (TPSA) is 117 Å². The summed E-state index contributed by atoms with van der Waals surface area (Å²) in [7, 11) is 0. The van der Waals surface area contributed by atoms with Crippen LogP contribution in [0.1, 0.15) is 58.0 Å². The van der Waals surface area contributed by atoms with E-state index < -0.39 is 30.6 Å². The number of Topliss-reactive ketones (excluding diaryl/α,β-unsaturated/α-hetero) is 1. The van der Waals surface area contributed by atoms with E-state index in [2.05, 4.69) is 0 Å². The van der Waals surface area contributed by atoms with E-state index in [4.69, 9.17) is 14.6 Å². The molecule has 2 aliphatic rings. The average molecular weight is 642 g/mol. The van der Waals surface area contributed by atoms with Gasteiger partial charge in [0.05, 0.1) is 6.10 Å². The van der Waals surface area contributed by atoms with Gasteiger partial charge >= 0.3 is 41.7 Å². The number of amides is 2. The number of halogens is 2. The summed E-state index contributed by atoms with van der Waals surface area (Å²) in [5.74, 6) is -0.359. The number of carbonyl (C=O) groups is 3. The van der Waals surface area contributed by atoms with Crippen LogP contribution in [0.3, 0.4) is 0 Å². The van der Waals surface area contributed by atoms with Crippen molar-refractivity contribution in [3.8, 4) is 0 Å². The Hall–Kier alpha value is -2.51. The molecule has 9 nitrogen and oxygen atoms in total. The van der Waals surface area contributed by atoms with Crippen LogP contribution in [0.5, 0.6) is 0 Å². The molecule has 4 rings (SSSR count). The molecule has 13 heteroatoms. The van der Waals surface area contributed by atoms with Crippen molar-refractivity contribution in [3.05, 3.63) is 71.8 Å². The van der Waals surface area contributed by atoms with E-state index in [-0.39, 0.29) is 97.4 Å². The molecular formula is C32H45BF2N2NaO7. The third-order valence-electron chi connectivity index (χ3n) is 6.80. The molecule has 45 heavy (non-hydrogen) atoms. The van der Waals surface area contributed by atoms with Crippen molar-refractivity contribution in [3.63, 3.8) is 0 Å². The van der Waals surface area contributed by atoms with Crippen LogP contribution in [0, 0.1) is 0 Å². The number of hydrogen-bond acceptors (Lipinski definition) is 7. The van der Waals surface area contributed by atoms with Crippen LogP contribution in [0.4, 0.5) is 18.4 Å². The molecule has 2 aromatic carbocycles. The number of hydrogen-bond donors (Lipinski definition) is 2. The van der Waals surface area contributed by atoms with Gasteiger partial charge in [-0.2, -0.15) is 0 Å². The Morgan fingerprint density at radius 2 is 1.27 bits per heavy atom. The summed E-state index contributed by atoms with van der Waals surface area (Å²) >= 11 is 0. The number of ether oxygens (including phenoxy) is 2. The summed E-state index contributed by atoms with van der Waals surface area (Å²) in [5, 5.41) is 17.0. The molecule has 2 saturated heterocycles. The van der Waals surface area contributed by atoms with Crippen LogP contribution >= 0.6 is 0 Å². The third kappa shape index (κ3) is 17.1. The van der Waals surface area contributed by atoms with Gasteiger partial charge in [-0.3, -0.25) is 4.79 Å². The summed E-state index contributed by atoms with van der Waals surface area (Å²) in [4.78, 5) is 38.1. The maximum Gasteiger partial charge on any atom is 1.00 e. The first-order chi connectivity index (χ1) is 20.7. The molecule has 2 heterocycles. The number of likely N-dealkylation sites (tertiary alicyclic amines) is 2. The second kappa shape index (κ2) is 24.7. The average Bonchev–Trinajstić information content (AvgIpc) is 3.01. The largest absolute Gasteiger partial charge is 1.00 e. The minimum Gasteiger partial charge on any atom is -1.00 e. The normalized spacial score (nSPS) is 19.9. The van der Waals surface area contributed by atoms with Crippen LogP contribution < -0.4 is 29.6 Å². The smallest absolute Gasteiger partial charge is 1.00 e. The van der Waals surface area contributed by atoms with Gasteiger partial charge in [-0.1, -0.05) is 60.7 Å². The second-order valence-corrected chi connectivity index (χ2v) is 10.2. The molecule has 2 fully saturated rings. The first-order valence-electron chi connectivity index (χ1n) is 14.8. The van der Waals surface area contributed by atoms with Gasteiger partial charge in [-0.05, 0) is 43.7 Å². The molecule has 2 amide bonds. The number of nitrogens with zero attached hydrogens (tertiary/aromatic N) is 2. The fourth-order valence-corrected chi connectivity index (χ4v) is 4.38. The molecule has 0 saturated carbocycles. The zero-order valence-corrected chi connectivity index (χ0v) is 28.4. The van der Waals surface area contributed by atoms with Crippen molar-refractivity contribution in [1.29, 1.82) is 0 Å².